The molecular formula is C14H9Cl2NO4S. The van der Waals surface area contributed by atoms with Crippen molar-refractivity contribution in [1.82, 2.24) is 4.98 Å². The van der Waals surface area contributed by atoms with E-state index < -0.39 is 26.7 Å². The van der Waals surface area contributed by atoms with Crippen molar-refractivity contribution in [3.8, 4) is 17.1 Å². The fourth-order valence-corrected chi connectivity index (χ4v) is 3.13. The Morgan fingerprint density at radius 3 is 2.73 bits per heavy atom. The fourth-order valence-electron chi connectivity index (χ4n) is 2.06. The summed E-state index contributed by atoms with van der Waals surface area (Å²) in [5.41, 5.74) is 0.597. The summed E-state index contributed by atoms with van der Waals surface area (Å²) in [4.78, 5) is 15.4. The molecule has 1 aromatic carbocycles. The van der Waals surface area contributed by atoms with E-state index >= 15 is 0 Å². The first kappa shape index (κ1) is 15.0. The van der Waals surface area contributed by atoms with Gasteiger partial charge in [-0.1, -0.05) is 21.5 Å². The van der Waals surface area contributed by atoms with Crippen molar-refractivity contribution in [3.05, 3.63) is 42.2 Å². The Morgan fingerprint density at radius 1 is 1.27 bits per heavy atom. The van der Waals surface area contributed by atoms with Gasteiger partial charge in [0, 0.05) is 10.5 Å². The summed E-state index contributed by atoms with van der Waals surface area (Å²) >= 11 is 0. The number of nitrogens with zero attached hydrogens (tertiary/aromatic N) is 1. The summed E-state index contributed by atoms with van der Waals surface area (Å²) in [6.45, 7) is 0. The molecule has 0 fully saturated rings. The molecule has 2 aromatic heterocycles. The Morgan fingerprint density at radius 2 is 2.05 bits per heavy atom. The van der Waals surface area contributed by atoms with E-state index in [0.29, 0.717) is 11.3 Å². The van der Waals surface area contributed by atoms with E-state index in [-0.39, 0.29) is 5.39 Å². The Labute approximate surface area is 136 Å². The van der Waals surface area contributed by atoms with Gasteiger partial charge < -0.3 is 14.6 Å². The van der Waals surface area contributed by atoms with Crippen molar-refractivity contribution in [2.75, 3.05) is 0 Å². The van der Waals surface area contributed by atoms with Crippen molar-refractivity contribution < 1.29 is 19.4 Å². The number of carbonyl (C=O) groups is 1. The highest BCUT2D eigenvalue weighted by molar-refractivity contribution is 8.52. The van der Waals surface area contributed by atoms with Gasteiger partial charge in [0.2, 0.25) is 0 Å². The number of hydrogen-bond donors (Lipinski definition) is 3. The van der Waals surface area contributed by atoms with Crippen molar-refractivity contribution in [2.24, 2.45) is 0 Å². The van der Waals surface area contributed by atoms with Crippen LogP contribution in [0.4, 0.5) is 0 Å². The van der Waals surface area contributed by atoms with Crippen LogP contribution in [0.2, 0.25) is 0 Å². The summed E-state index contributed by atoms with van der Waals surface area (Å²) < 4.78 is 5.61. The van der Waals surface area contributed by atoms with E-state index in [1.54, 1.807) is 30.3 Å². The van der Waals surface area contributed by atoms with E-state index in [0.717, 1.165) is 10.5 Å². The lowest BCUT2D eigenvalue weighted by Crippen LogP contribution is -1.99. The molecule has 5 nitrogen and oxygen atoms in total. The lowest BCUT2D eigenvalue weighted by atomic mass is 10.1. The number of thiol groups is 1. The van der Waals surface area contributed by atoms with Crippen LogP contribution < -0.4 is 0 Å². The highest BCUT2D eigenvalue weighted by Crippen LogP contribution is 2.46. The van der Waals surface area contributed by atoms with Crippen molar-refractivity contribution in [2.45, 2.75) is 4.90 Å². The summed E-state index contributed by atoms with van der Waals surface area (Å²) in [6.07, 6.45) is 1.27. The number of halogens is 2. The van der Waals surface area contributed by atoms with Crippen LogP contribution in [0, 0.1) is 0 Å². The number of rotatable bonds is 3. The number of benzene rings is 1. The average molecular weight is 358 g/mol. The quantitative estimate of drug-likeness (QED) is 0.598. The largest absolute Gasteiger partial charge is 0.505 e. The molecule has 3 aromatic rings. The number of carboxylic acids is 1. The minimum atomic E-state index is -1.31. The summed E-state index contributed by atoms with van der Waals surface area (Å²) in [5, 5.41) is 19.2. The molecule has 114 valence electrons. The maximum absolute atomic E-state index is 11.0. The molecule has 0 atom stereocenters. The van der Waals surface area contributed by atoms with E-state index in [1.807, 2.05) is 0 Å². The van der Waals surface area contributed by atoms with Crippen LogP contribution in [0.1, 0.15) is 10.5 Å². The molecule has 0 unspecified atom stereocenters. The van der Waals surface area contributed by atoms with Crippen molar-refractivity contribution in [1.29, 1.82) is 0 Å². The van der Waals surface area contributed by atoms with Gasteiger partial charge in [0.05, 0.1) is 11.6 Å². The topological polar surface area (TPSA) is 83.6 Å². The lowest BCUT2D eigenvalue weighted by molar-refractivity contribution is 0.0687. The zero-order valence-corrected chi connectivity index (χ0v) is 13.2. The molecule has 0 saturated carbocycles. The second kappa shape index (κ2) is 5.72. The zero-order valence-electron chi connectivity index (χ0n) is 10.8. The third-order valence-corrected chi connectivity index (χ3v) is 4.92. The Bertz CT molecular complexity index is 878. The molecule has 0 saturated heterocycles. The molecule has 0 aliphatic carbocycles. The number of aromatic carboxylic acids is 1. The monoisotopic (exact) mass is 357 g/mol. The first-order valence-corrected chi connectivity index (χ1v) is 9.19. The normalized spacial score (nSPS) is 11.6. The second-order valence-corrected chi connectivity index (χ2v) is 7.96. The molecule has 8 heteroatoms. The number of furan rings is 1. The number of carboxylic acid groups (broad SMARTS) is 1. The van der Waals surface area contributed by atoms with Crippen LogP contribution in [0.25, 0.3) is 22.3 Å². The number of aromatic hydroxyl groups is 1. The van der Waals surface area contributed by atoms with Crippen LogP contribution in [0.5, 0.6) is 5.75 Å². The minimum absolute atomic E-state index is 0.284. The fraction of sp³-hybridized carbons (Fsp3) is 0. The van der Waals surface area contributed by atoms with Gasteiger partial charge in [-0.15, -0.1) is 0 Å². The highest BCUT2D eigenvalue weighted by Gasteiger charge is 2.18. The van der Waals surface area contributed by atoms with E-state index in [2.05, 4.69) is 4.98 Å². The van der Waals surface area contributed by atoms with Gasteiger partial charge >= 0.3 is 5.97 Å². The maximum atomic E-state index is 11.0. The van der Waals surface area contributed by atoms with Crippen LogP contribution in [-0.2, 0) is 0 Å². The molecule has 0 spiro atoms. The highest BCUT2D eigenvalue weighted by atomic mass is 36.0. The van der Waals surface area contributed by atoms with E-state index in [1.165, 1.54) is 6.20 Å². The molecule has 22 heavy (non-hydrogen) atoms. The van der Waals surface area contributed by atoms with Gasteiger partial charge in [0.25, 0.3) is 0 Å². The predicted octanol–water partition coefficient (Wildman–Crippen LogP) is 4.57. The summed E-state index contributed by atoms with van der Waals surface area (Å²) in [6, 6.07) is 8.74. The Balaban J connectivity index is 2.15. The van der Waals surface area contributed by atoms with Crippen molar-refractivity contribution in [3.63, 3.8) is 0 Å². The zero-order chi connectivity index (χ0) is 15.9. The predicted molar refractivity (Wildman–Crippen MR) is 87.0 cm³/mol. The van der Waals surface area contributed by atoms with Gasteiger partial charge in [0.1, 0.15) is 5.76 Å². The smallest absolute Gasteiger partial charge is 0.358 e. The van der Waals surface area contributed by atoms with Gasteiger partial charge in [-0.05, 0) is 39.6 Å². The van der Waals surface area contributed by atoms with E-state index in [4.69, 9.17) is 30.9 Å². The standard InChI is InChI=1S/C14H9Cl2NO4S/c15-22(16)8-3-1-2-7(4-8)10-5-9-11(21-10)6-17-12(13(9)18)14(19)20/h1-6,18,22H,(H,19,20). The third-order valence-electron chi connectivity index (χ3n) is 3.08. The Hall–Kier alpha value is -1.89. The van der Waals surface area contributed by atoms with Crippen LogP contribution in [0.15, 0.2) is 45.8 Å². The third kappa shape index (κ3) is 2.61. The number of pyridine rings is 1. The van der Waals surface area contributed by atoms with Gasteiger partial charge in [-0.25, -0.2) is 9.78 Å². The van der Waals surface area contributed by atoms with Crippen LogP contribution >= 0.6 is 30.7 Å². The SMILES string of the molecule is O=C(O)c1ncc2oc(-c3cccc([SH](Cl)Cl)c3)cc2c1O. The van der Waals surface area contributed by atoms with Crippen LogP contribution in [0.3, 0.4) is 0 Å². The first-order valence-electron chi connectivity index (χ1n) is 6.04. The van der Waals surface area contributed by atoms with Crippen molar-refractivity contribution >= 4 is 47.6 Å². The van der Waals surface area contributed by atoms with Crippen LogP contribution in [-0.4, -0.2) is 21.2 Å². The molecule has 0 amide bonds. The molecule has 0 radical (unpaired) electrons. The van der Waals surface area contributed by atoms with Gasteiger partial charge in [-0.3, -0.25) is 0 Å². The second-order valence-electron chi connectivity index (χ2n) is 4.43. The molecule has 2 heterocycles. The Kier molecular flexibility index (Phi) is 3.90. The van der Waals surface area contributed by atoms with E-state index in [9.17, 15) is 9.90 Å². The van der Waals surface area contributed by atoms with Gasteiger partial charge in [-0.2, -0.15) is 0 Å². The minimum Gasteiger partial charge on any atom is -0.505 e. The van der Waals surface area contributed by atoms with Gasteiger partial charge in [0.15, 0.2) is 17.0 Å². The number of aromatic nitrogens is 1. The molecule has 0 aliphatic heterocycles. The number of hydrogen-bond acceptors (Lipinski definition) is 4. The maximum Gasteiger partial charge on any atom is 0.358 e. The molecule has 0 aliphatic rings. The average Bonchev–Trinajstić information content (AvgIpc) is 2.92. The summed E-state index contributed by atoms with van der Waals surface area (Å²) in [5.74, 6) is -1.27. The summed E-state index contributed by atoms with van der Waals surface area (Å²) in [7, 11) is 10.5. The molecular weight excluding hydrogens is 349 g/mol. The number of fused-ring (bicyclic) bond motifs is 1. The first-order chi connectivity index (χ1) is 10.5. The lowest BCUT2D eigenvalue weighted by Gasteiger charge is -2.05. The molecule has 2 N–H and O–H groups in total. The molecule has 0 bridgehead atoms. The molecule has 3 rings (SSSR count).